The van der Waals surface area contributed by atoms with Crippen molar-refractivity contribution in [1.29, 1.82) is 0 Å². The van der Waals surface area contributed by atoms with E-state index in [0.717, 1.165) is 31.9 Å². The first-order chi connectivity index (χ1) is 10.4. The molecule has 1 N–H and O–H groups in total. The lowest BCUT2D eigenvalue weighted by molar-refractivity contribution is 0.304. The molecule has 0 saturated carbocycles. The molecule has 1 aromatic heterocycles. The van der Waals surface area contributed by atoms with Gasteiger partial charge in [-0.1, -0.05) is 44.4 Å². The van der Waals surface area contributed by atoms with Crippen molar-refractivity contribution in [2.75, 3.05) is 6.61 Å². The van der Waals surface area contributed by atoms with Crippen molar-refractivity contribution in [2.45, 2.75) is 45.7 Å². The van der Waals surface area contributed by atoms with Gasteiger partial charge < -0.3 is 10.1 Å². The van der Waals surface area contributed by atoms with Crippen LogP contribution in [0.25, 0.3) is 0 Å². The fraction of sp³-hybridized carbons (Fsp3) is 0.444. The first kappa shape index (κ1) is 16.1. The molecule has 3 heteroatoms. The SMILES string of the molecule is CCCCCCOc1cccc(CNCc2cccs2)c1. The Kier molecular flexibility index (Phi) is 7.33. The summed E-state index contributed by atoms with van der Waals surface area (Å²) in [5.74, 6) is 0.988. The molecule has 0 saturated heterocycles. The zero-order valence-electron chi connectivity index (χ0n) is 12.8. The van der Waals surface area contributed by atoms with Gasteiger partial charge in [0.05, 0.1) is 6.61 Å². The van der Waals surface area contributed by atoms with Gasteiger partial charge in [0.2, 0.25) is 0 Å². The molecule has 0 aliphatic rings. The Hall–Kier alpha value is -1.32. The molecule has 1 heterocycles. The number of unbranched alkanes of at least 4 members (excludes halogenated alkanes) is 3. The summed E-state index contributed by atoms with van der Waals surface area (Å²) in [6, 6.07) is 12.7. The molecule has 0 bridgehead atoms. The van der Waals surface area contributed by atoms with Crippen molar-refractivity contribution in [3.05, 3.63) is 52.2 Å². The van der Waals surface area contributed by atoms with Crippen LogP contribution in [0.5, 0.6) is 5.75 Å². The smallest absolute Gasteiger partial charge is 0.119 e. The molecule has 114 valence electrons. The number of nitrogens with one attached hydrogen (secondary N) is 1. The van der Waals surface area contributed by atoms with Gasteiger partial charge in [-0.15, -0.1) is 11.3 Å². The van der Waals surface area contributed by atoms with Gasteiger partial charge in [0.25, 0.3) is 0 Å². The summed E-state index contributed by atoms with van der Waals surface area (Å²) in [7, 11) is 0. The van der Waals surface area contributed by atoms with Gasteiger partial charge in [-0.05, 0) is 35.6 Å². The van der Waals surface area contributed by atoms with Crippen LogP contribution < -0.4 is 10.1 Å². The molecule has 0 aliphatic heterocycles. The molecule has 0 amide bonds. The van der Waals surface area contributed by atoms with Crippen LogP contribution in [0.4, 0.5) is 0 Å². The molecule has 1 aromatic carbocycles. The lowest BCUT2D eigenvalue weighted by Gasteiger charge is -2.08. The van der Waals surface area contributed by atoms with E-state index in [4.69, 9.17) is 4.74 Å². The predicted molar refractivity (Wildman–Crippen MR) is 90.9 cm³/mol. The van der Waals surface area contributed by atoms with E-state index in [-0.39, 0.29) is 0 Å². The zero-order valence-corrected chi connectivity index (χ0v) is 13.6. The second-order valence-electron chi connectivity index (χ2n) is 5.24. The first-order valence-electron chi connectivity index (χ1n) is 7.83. The van der Waals surface area contributed by atoms with Crippen molar-refractivity contribution in [2.24, 2.45) is 0 Å². The van der Waals surface area contributed by atoms with Crippen LogP contribution in [0.15, 0.2) is 41.8 Å². The normalized spacial score (nSPS) is 10.7. The van der Waals surface area contributed by atoms with Crippen LogP contribution in [0.3, 0.4) is 0 Å². The molecule has 2 nitrogen and oxygen atoms in total. The average molecular weight is 303 g/mol. The molecule has 0 atom stereocenters. The van der Waals surface area contributed by atoms with Gasteiger partial charge in [0, 0.05) is 18.0 Å². The van der Waals surface area contributed by atoms with Crippen LogP contribution in [0.2, 0.25) is 0 Å². The molecule has 2 rings (SSSR count). The molecular formula is C18H25NOS. The summed E-state index contributed by atoms with van der Waals surface area (Å²) < 4.78 is 5.82. The Balaban J connectivity index is 1.70. The topological polar surface area (TPSA) is 21.3 Å². The monoisotopic (exact) mass is 303 g/mol. The van der Waals surface area contributed by atoms with Gasteiger partial charge >= 0.3 is 0 Å². The van der Waals surface area contributed by atoms with E-state index in [0.29, 0.717) is 0 Å². The quantitative estimate of drug-likeness (QED) is 0.624. The largest absolute Gasteiger partial charge is 0.494 e. The highest BCUT2D eigenvalue weighted by Gasteiger charge is 1.98. The van der Waals surface area contributed by atoms with Gasteiger partial charge in [0.15, 0.2) is 0 Å². The minimum Gasteiger partial charge on any atom is -0.494 e. The van der Waals surface area contributed by atoms with Crippen molar-refractivity contribution in [3.8, 4) is 5.75 Å². The lowest BCUT2D eigenvalue weighted by Crippen LogP contribution is -2.11. The number of hydrogen-bond acceptors (Lipinski definition) is 3. The van der Waals surface area contributed by atoms with Crippen molar-refractivity contribution in [1.82, 2.24) is 5.32 Å². The molecule has 0 aliphatic carbocycles. The summed E-state index contributed by atoms with van der Waals surface area (Å²) >= 11 is 1.79. The minimum absolute atomic E-state index is 0.825. The third-order valence-corrected chi connectivity index (χ3v) is 4.25. The fourth-order valence-corrected chi connectivity index (χ4v) is 2.88. The van der Waals surface area contributed by atoms with E-state index < -0.39 is 0 Å². The first-order valence-corrected chi connectivity index (χ1v) is 8.71. The van der Waals surface area contributed by atoms with Crippen molar-refractivity contribution in [3.63, 3.8) is 0 Å². The van der Waals surface area contributed by atoms with E-state index in [1.807, 2.05) is 6.07 Å². The molecule has 0 radical (unpaired) electrons. The fourth-order valence-electron chi connectivity index (χ4n) is 2.21. The van der Waals surface area contributed by atoms with E-state index in [1.165, 1.54) is 29.7 Å². The number of hydrogen-bond donors (Lipinski definition) is 1. The molecular weight excluding hydrogens is 278 g/mol. The Bertz CT molecular complexity index is 496. The van der Waals surface area contributed by atoms with E-state index in [1.54, 1.807) is 11.3 Å². The summed E-state index contributed by atoms with van der Waals surface area (Å²) in [5, 5.41) is 5.59. The van der Waals surface area contributed by atoms with E-state index >= 15 is 0 Å². The Morgan fingerprint density at radius 1 is 1.05 bits per heavy atom. The standard InChI is InChI=1S/C18H25NOS/c1-2-3-4-5-11-20-17-9-6-8-16(13-17)14-19-15-18-10-7-12-21-18/h6-10,12-13,19H,2-5,11,14-15H2,1H3. The maximum Gasteiger partial charge on any atom is 0.119 e. The summed E-state index contributed by atoms with van der Waals surface area (Å²) in [4.78, 5) is 1.37. The van der Waals surface area contributed by atoms with Crippen LogP contribution in [-0.2, 0) is 13.1 Å². The van der Waals surface area contributed by atoms with Crippen LogP contribution >= 0.6 is 11.3 Å². The Labute approximate surface area is 132 Å². The highest BCUT2D eigenvalue weighted by molar-refractivity contribution is 7.09. The maximum atomic E-state index is 5.82. The molecule has 2 aromatic rings. The highest BCUT2D eigenvalue weighted by atomic mass is 32.1. The second kappa shape index (κ2) is 9.59. The van der Waals surface area contributed by atoms with Gasteiger partial charge in [-0.25, -0.2) is 0 Å². The number of benzene rings is 1. The summed E-state index contributed by atoms with van der Waals surface area (Å²) in [6.07, 6.45) is 4.98. The zero-order chi connectivity index (χ0) is 14.8. The van der Waals surface area contributed by atoms with E-state index in [2.05, 4.69) is 48.0 Å². The number of rotatable bonds is 10. The van der Waals surface area contributed by atoms with Crippen LogP contribution in [0, 0.1) is 0 Å². The Morgan fingerprint density at radius 3 is 2.81 bits per heavy atom. The number of thiophene rings is 1. The molecule has 0 fully saturated rings. The van der Waals surface area contributed by atoms with Crippen molar-refractivity contribution >= 4 is 11.3 Å². The summed E-state index contributed by atoms with van der Waals surface area (Å²) in [5.41, 5.74) is 1.28. The second-order valence-corrected chi connectivity index (χ2v) is 6.27. The third kappa shape index (κ3) is 6.32. The third-order valence-electron chi connectivity index (χ3n) is 3.37. The number of ether oxygens (including phenoxy) is 1. The highest BCUT2D eigenvalue weighted by Crippen LogP contribution is 2.14. The molecule has 0 unspecified atom stereocenters. The van der Waals surface area contributed by atoms with Crippen molar-refractivity contribution < 1.29 is 4.74 Å². The summed E-state index contributed by atoms with van der Waals surface area (Å²) in [6.45, 7) is 4.87. The van der Waals surface area contributed by atoms with Gasteiger partial charge in [-0.2, -0.15) is 0 Å². The van der Waals surface area contributed by atoms with Crippen LogP contribution in [-0.4, -0.2) is 6.61 Å². The van der Waals surface area contributed by atoms with Gasteiger partial charge in [0.1, 0.15) is 5.75 Å². The molecule has 0 spiro atoms. The average Bonchev–Trinajstić information content (AvgIpc) is 3.01. The Morgan fingerprint density at radius 2 is 2.00 bits per heavy atom. The minimum atomic E-state index is 0.825. The van der Waals surface area contributed by atoms with E-state index in [9.17, 15) is 0 Å². The maximum absolute atomic E-state index is 5.82. The lowest BCUT2D eigenvalue weighted by atomic mass is 10.2. The van der Waals surface area contributed by atoms with Gasteiger partial charge in [-0.3, -0.25) is 0 Å². The predicted octanol–water partition coefficient (Wildman–Crippen LogP) is 5.00. The molecule has 21 heavy (non-hydrogen) atoms. The van der Waals surface area contributed by atoms with Crippen LogP contribution in [0.1, 0.15) is 43.0 Å².